The first-order valence-corrected chi connectivity index (χ1v) is 6.76. The first-order chi connectivity index (χ1) is 9.24. The third-order valence-corrected chi connectivity index (χ3v) is 3.03. The highest BCUT2D eigenvalue weighted by Crippen LogP contribution is 2.12. The lowest BCUT2D eigenvalue weighted by Crippen LogP contribution is -2.20. The van der Waals surface area contributed by atoms with Gasteiger partial charge >= 0.3 is 0 Å². The van der Waals surface area contributed by atoms with Crippen molar-refractivity contribution in [3.63, 3.8) is 0 Å². The van der Waals surface area contributed by atoms with Crippen LogP contribution in [0, 0.1) is 6.92 Å². The highest BCUT2D eigenvalue weighted by molar-refractivity contribution is 6.30. The number of nitrogens with one attached hydrogen (secondary N) is 1. The predicted molar refractivity (Wildman–Crippen MR) is 79.8 cm³/mol. The van der Waals surface area contributed by atoms with Crippen LogP contribution in [0.5, 0.6) is 5.75 Å². The first kappa shape index (κ1) is 13.9. The fourth-order valence-corrected chi connectivity index (χ4v) is 1.91. The van der Waals surface area contributed by atoms with Gasteiger partial charge in [-0.3, -0.25) is 0 Å². The average molecular weight is 276 g/mol. The largest absolute Gasteiger partial charge is 0.492 e. The fourth-order valence-electron chi connectivity index (χ4n) is 1.78. The molecule has 0 amide bonds. The molecule has 0 fully saturated rings. The number of ether oxygens (including phenoxy) is 1. The van der Waals surface area contributed by atoms with Crippen molar-refractivity contribution >= 4 is 11.6 Å². The van der Waals surface area contributed by atoms with E-state index in [1.165, 1.54) is 11.1 Å². The van der Waals surface area contributed by atoms with Gasteiger partial charge in [0.1, 0.15) is 12.4 Å². The van der Waals surface area contributed by atoms with Crippen LogP contribution in [0.4, 0.5) is 0 Å². The summed E-state index contributed by atoms with van der Waals surface area (Å²) in [5.74, 6) is 0.924. The Bertz CT molecular complexity index is 510. The zero-order valence-electron chi connectivity index (χ0n) is 11.0. The van der Waals surface area contributed by atoms with Gasteiger partial charge in [0.25, 0.3) is 0 Å². The molecule has 2 nitrogen and oxygen atoms in total. The maximum Gasteiger partial charge on any atom is 0.119 e. The van der Waals surface area contributed by atoms with E-state index in [1.54, 1.807) is 0 Å². The number of hydrogen-bond donors (Lipinski definition) is 1. The molecule has 2 aromatic rings. The molecule has 0 aliphatic heterocycles. The lowest BCUT2D eigenvalue weighted by Gasteiger charge is -2.08. The second-order valence-electron chi connectivity index (χ2n) is 4.47. The van der Waals surface area contributed by atoms with Crippen molar-refractivity contribution in [1.82, 2.24) is 5.32 Å². The van der Waals surface area contributed by atoms with E-state index >= 15 is 0 Å². The zero-order chi connectivity index (χ0) is 13.5. The van der Waals surface area contributed by atoms with Gasteiger partial charge in [-0.15, -0.1) is 0 Å². The fraction of sp³-hybridized carbons (Fsp3) is 0.250. The molecule has 100 valence electrons. The molecule has 0 aliphatic carbocycles. The summed E-state index contributed by atoms with van der Waals surface area (Å²) in [5, 5.41) is 4.11. The van der Waals surface area contributed by atoms with E-state index in [0.717, 1.165) is 23.9 Å². The highest BCUT2D eigenvalue weighted by atomic mass is 35.5. The van der Waals surface area contributed by atoms with Crippen LogP contribution in [0.2, 0.25) is 5.02 Å². The van der Waals surface area contributed by atoms with Gasteiger partial charge in [-0.2, -0.15) is 0 Å². The zero-order valence-corrected chi connectivity index (χ0v) is 11.8. The lowest BCUT2D eigenvalue weighted by molar-refractivity contribution is 0.313. The van der Waals surface area contributed by atoms with E-state index in [1.807, 2.05) is 42.5 Å². The lowest BCUT2D eigenvalue weighted by atomic mass is 10.2. The maximum atomic E-state index is 5.84. The monoisotopic (exact) mass is 275 g/mol. The molecular weight excluding hydrogens is 258 g/mol. The minimum absolute atomic E-state index is 0.664. The van der Waals surface area contributed by atoms with Gasteiger partial charge in [0.2, 0.25) is 0 Å². The summed E-state index contributed by atoms with van der Waals surface area (Å²) in [6.45, 7) is 4.37. The van der Waals surface area contributed by atoms with Gasteiger partial charge < -0.3 is 10.1 Å². The van der Waals surface area contributed by atoms with Gasteiger partial charge in [0.05, 0.1) is 0 Å². The summed E-state index contributed by atoms with van der Waals surface area (Å²) in [7, 11) is 0. The van der Waals surface area contributed by atoms with Crippen molar-refractivity contribution in [1.29, 1.82) is 0 Å². The van der Waals surface area contributed by atoms with Crippen LogP contribution in [-0.4, -0.2) is 13.2 Å². The third kappa shape index (κ3) is 4.93. The Hall–Kier alpha value is -1.51. The van der Waals surface area contributed by atoms with Crippen LogP contribution in [0.1, 0.15) is 11.1 Å². The van der Waals surface area contributed by atoms with E-state index in [2.05, 4.69) is 18.3 Å². The molecule has 1 N–H and O–H groups in total. The summed E-state index contributed by atoms with van der Waals surface area (Å²) in [6, 6.07) is 15.9. The van der Waals surface area contributed by atoms with Gasteiger partial charge in [-0.05, 0) is 42.3 Å². The van der Waals surface area contributed by atoms with Gasteiger partial charge in [0, 0.05) is 18.1 Å². The van der Waals surface area contributed by atoms with Gasteiger partial charge in [-0.1, -0.05) is 35.9 Å². The topological polar surface area (TPSA) is 21.3 Å². The molecule has 19 heavy (non-hydrogen) atoms. The van der Waals surface area contributed by atoms with Gasteiger partial charge in [0.15, 0.2) is 0 Å². The predicted octanol–water partition coefficient (Wildman–Crippen LogP) is 3.82. The van der Waals surface area contributed by atoms with Crippen molar-refractivity contribution in [2.45, 2.75) is 13.5 Å². The van der Waals surface area contributed by atoms with Crippen molar-refractivity contribution in [2.75, 3.05) is 13.2 Å². The van der Waals surface area contributed by atoms with Crippen molar-refractivity contribution in [3.05, 3.63) is 64.7 Å². The molecule has 2 aromatic carbocycles. The van der Waals surface area contributed by atoms with Crippen LogP contribution in [0.15, 0.2) is 48.5 Å². The molecule has 0 saturated heterocycles. The normalized spacial score (nSPS) is 10.4. The molecule has 0 spiro atoms. The van der Waals surface area contributed by atoms with E-state index in [9.17, 15) is 0 Å². The Morgan fingerprint density at radius 1 is 1.11 bits per heavy atom. The molecule has 0 aliphatic rings. The number of hydrogen-bond acceptors (Lipinski definition) is 2. The molecule has 2 rings (SSSR count). The maximum absolute atomic E-state index is 5.84. The quantitative estimate of drug-likeness (QED) is 0.810. The van der Waals surface area contributed by atoms with E-state index in [-0.39, 0.29) is 0 Å². The summed E-state index contributed by atoms with van der Waals surface area (Å²) >= 11 is 5.84. The van der Waals surface area contributed by atoms with Gasteiger partial charge in [-0.25, -0.2) is 0 Å². The molecule has 3 heteroatoms. The van der Waals surface area contributed by atoms with Crippen molar-refractivity contribution in [3.8, 4) is 5.75 Å². The molecule has 0 bridgehead atoms. The molecule has 0 unspecified atom stereocenters. The summed E-state index contributed by atoms with van der Waals surface area (Å²) in [4.78, 5) is 0. The van der Waals surface area contributed by atoms with E-state index < -0.39 is 0 Å². The molecular formula is C16H18ClNO. The Kier molecular flexibility index (Phi) is 5.25. The Labute approximate surface area is 119 Å². The van der Waals surface area contributed by atoms with Crippen molar-refractivity contribution < 1.29 is 4.74 Å². The number of benzene rings is 2. The summed E-state index contributed by atoms with van der Waals surface area (Å²) < 4.78 is 5.66. The molecule has 0 heterocycles. The van der Waals surface area contributed by atoms with Crippen LogP contribution < -0.4 is 10.1 Å². The third-order valence-electron chi connectivity index (χ3n) is 2.78. The highest BCUT2D eigenvalue weighted by Gasteiger charge is 1.95. The van der Waals surface area contributed by atoms with Crippen LogP contribution in [-0.2, 0) is 6.54 Å². The van der Waals surface area contributed by atoms with E-state index in [4.69, 9.17) is 16.3 Å². The Morgan fingerprint density at radius 3 is 2.63 bits per heavy atom. The Balaban J connectivity index is 1.66. The molecule has 0 atom stereocenters. The molecule has 0 saturated carbocycles. The minimum Gasteiger partial charge on any atom is -0.492 e. The van der Waals surface area contributed by atoms with Crippen LogP contribution in [0.25, 0.3) is 0 Å². The number of aryl methyl sites for hydroxylation is 1. The van der Waals surface area contributed by atoms with Crippen LogP contribution in [0.3, 0.4) is 0 Å². The second kappa shape index (κ2) is 7.17. The summed E-state index contributed by atoms with van der Waals surface area (Å²) in [6.07, 6.45) is 0. The SMILES string of the molecule is Cc1cccc(OCCNCc2ccc(Cl)cc2)c1. The first-order valence-electron chi connectivity index (χ1n) is 6.39. The van der Waals surface area contributed by atoms with Crippen molar-refractivity contribution in [2.24, 2.45) is 0 Å². The second-order valence-corrected chi connectivity index (χ2v) is 4.90. The smallest absolute Gasteiger partial charge is 0.119 e. The van der Waals surface area contributed by atoms with Crippen LogP contribution >= 0.6 is 11.6 Å². The molecule has 0 radical (unpaired) electrons. The number of rotatable bonds is 6. The average Bonchev–Trinajstić information content (AvgIpc) is 2.41. The summed E-state index contributed by atoms with van der Waals surface area (Å²) in [5.41, 5.74) is 2.44. The molecule has 0 aromatic heterocycles. The Morgan fingerprint density at radius 2 is 1.89 bits per heavy atom. The van der Waals surface area contributed by atoms with E-state index in [0.29, 0.717) is 6.61 Å². The number of halogens is 1. The minimum atomic E-state index is 0.664. The standard InChI is InChI=1S/C16H18ClNO/c1-13-3-2-4-16(11-13)19-10-9-18-12-14-5-7-15(17)8-6-14/h2-8,11,18H,9-10,12H2,1H3.